The molecule has 0 bridgehead atoms. The fourth-order valence-corrected chi connectivity index (χ4v) is 3.06. The fraction of sp³-hybridized carbons (Fsp3) is 0.286. The second-order valence-corrected chi connectivity index (χ2v) is 6.46. The molecule has 2 amide bonds. The number of nitrogens with zero attached hydrogens (tertiary/aromatic N) is 1. The van der Waals surface area contributed by atoms with Crippen LogP contribution in [0.4, 0.5) is 5.69 Å². The van der Waals surface area contributed by atoms with Gasteiger partial charge < -0.3 is 15.0 Å². The fourth-order valence-electron chi connectivity index (χ4n) is 3.06. The molecule has 0 radical (unpaired) electrons. The topological polar surface area (TPSA) is 75.7 Å². The zero-order valence-electron chi connectivity index (χ0n) is 15.2. The van der Waals surface area contributed by atoms with Gasteiger partial charge in [0, 0.05) is 17.8 Å². The van der Waals surface area contributed by atoms with Crippen molar-refractivity contribution in [3.63, 3.8) is 0 Å². The lowest BCUT2D eigenvalue weighted by Crippen LogP contribution is -2.53. The van der Waals surface area contributed by atoms with Crippen molar-refractivity contribution in [3.8, 4) is 5.75 Å². The van der Waals surface area contributed by atoms with Gasteiger partial charge in [-0.3, -0.25) is 14.4 Å². The summed E-state index contributed by atoms with van der Waals surface area (Å²) in [4.78, 5) is 38.0. The predicted octanol–water partition coefficient (Wildman–Crippen LogP) is 2.58. The smallest absolute Gasteiger partial charge is 0.258 e. The molecule has 6 heteroatoms. The third-order valence-corrected chi connectivity index (χ3v) is 4.45. The maximum Gasteiger partial charge on any atom is 0.258 e. The average molecular weight is 366 g/mol. The van der Waals surface area contributed by atoms with Crippen molar-refractivity contribution >= 4 is 23.3 Å². The molecule has 0 saturated carbocycles. The first-order valence-electron chi connectivity index (χ1n) is 8.94. The minimum absolute atomic E-state index is 0.0706. The number of nitrogens with one attached hydrogen (secondary N) is 1. The van der Waals surface area contributed by atoms with Crippen molar-refractivity contribution in [2.75, 3.05) is 18.1 Å². The SMILES string of the molecule is CC(=O)c1cccc(OCC(=O)N[C@H]2CCCN(c3ccccc3)C2=O)c1. The lowest BCUT2D eigenvalue weighted by atomic mass is 10.0. The molecule has 2 aromatic rings. The normalized spacial score (nSPS) is 16.7. The zero-order chi connectivity index (χ0) is 19.2. The van der Waals surface area contributed by atoms with Crippen molar-refractivity contribution in [3.05, 3.63) is 60.2 Å². The molecule has 1 aliphatic heterocycles. The maximum atomic E-state index is 12.7. The molecule has 1 aliphatic rings. The minimum Gasteiger partial charge on any atom is -0.484 e. The van der Waals surface area contributed by atoms with Crippen molar-refractivity contribution in [2.24, 2.45) is 0 Å². The van der Waals surface area contributed by atoms with Crippen LogP contribution in [0.1, 0.15) is 30.1 Å². The Balaban J connectivity index is 1.56. The van der Waals surface area contributed by atoms with Crippen LogP contribution in [0.2, 0.25) is 0 Å². The van der Waals surface area contributed by atoms with Gasteiger partial charge in [-0.25, -0.2) is 0 Å². The Labute approximate surface area is 158 Å². The van der Waals surface area contributed by atoms with Crippen LogP contribution in [-0.2, 0) is 9.59 Å². The van der Waals surface area contributed by atoms with E-state index >= 15 is 0 Å². The summed E-state index contributed by atoms with van der Waals surface area (Å²) in [6.07, 6.45) is 1.42. The Hall–Kier alpha value is -3.15. The predicted molar refractivity (Wildman–Crippen MR) is 102 cm³/mol. The molecule has 1 saturated heterocycles. The van der Waals surface area contributed by atoms with E-state index in [1.165, 1.54) is 6.92 Å². The highest BCUT2D eigenvalue weighted by Gasteiger charge is 2.30. The highest BCUT2D eigenvalue weighted by Crippen LogP contribution is 2.20. The summed E-state index contributed by atoms with van der Waals surface area (Å²) in [5.41, 5.74) is 1.35. The molecule has 1 fully saturated rings. The first kappa shape index (κ1) is 18.6. The largest absolute Gasteiger partial charge is 0.484 e. The summed E-state index contributed by atoms with van der Waals surface area (Å²) in [6, 6.07) is 15.5. The summed E-state index contributed by atoms with van der Waals surface area (Å²) in [6.45, 7) is 1.90. The third kappa shape index (κ3) is 4.73. The van der Waals surface area contributed by atoms with Gasteiger partial charge >= 0.3 is 0 Å². The van der Waals surface area contributed by atoms with E-state index in [0.717, 1.165) is 12.1 Å². The number of piperidine rings is 1. The van der Waals surface area contributed by atoms with Crippen LogP contribution in [0, 0.1) is 0 Å². The molecule has 140 valence electrons. The van der Waals surface area contributed by atoms with Crippen molar-refractivity contribution in [1.29, 1.82) is 0 Å². The van der Waals surface area contributed by atoms with Crippen LogP contribution >= 0.6 is 0 Å². The van der Waals surface area contributed by atoms with E-state index in [4.69, 9.17) is 4.74 Å². The van der Waals surface area contributed by atoms with E-state index in [1.807, 2.05) is 30.3 Å². The van der Waals surface area contributed by atoms with Gasteiger partial charge in [-0.15, -0.1) is 0 Å². The van der Waals surface area contributed by atoms with Crippen molar-refractivity contribution in [1.82, 2.24) is 5.32 Å². The maximum absolute atomic E-state index is 12.7. The first-order chi connectivity index (χ1) is 13.0. The van der Waals surface area contributed by atoms with E-state index < -0.39 is 6.04 Å². The Bertz CT molecular complexity index is 835. The Morgan fingerprint density at radius 3 is 2.67 bits per heavy atom. The van der Waals surface area contributed by atoms with Crippen LogP contribution in [0.5, 0.6) is 5.75 Å². The molecule has 0 aliphatic carbocycles. The van der Waals surface area contributed by atoms with Crippen LogP contribution in [0.3, 0.4) is 0 Å². The Morgan fingerprint density at radius 1 is 1.15 bits per heavy atom. The van der Waals surface area contributed by atoms with Gasteiger partial charge in [0.2, 0.25) is 5.91 Å². The molecule has 6 nitrogen and oxygen atoms in total. The molecule has 1 atom stereocenters. The monoisotopic (exact) mass is 366 g/mol. The van der Waals surface area contributed by atoms with E-state index in [9.17, 15) is 14.4 Å². The summed E-state index contributed by atoms with van der Waals surface area (Å²) in [5.74, 6) is -0.103. The first-order valence-corrected chi connectivity index (χ1v) is 8.94. The number of hydrogen-bond acceptors (Lipinski definition) is 4. The van der Waals surface area contributed by atoms with Gasteiger partial charge in [0.15, 0.2) is 12.4 Å². The van der Waals surface area contributed by atoms with Gasteiger partial charge in [-0.1, -0.05) is 30.3 Å². The summed E-state index contributed by atoms with van der Waals surface area (Å²) in [7, 11) is 0. The molecule has 27 heavy (non-hydrogen) atoms. The molecule has 2 aromatic carbocycles. The van der Waals surface area contributed by atoms with Gasteiger partial charge in [-0.2, -0.15) is 0 Å². The molecule has 0 spiro atoms. The summed E-state index contributed by atoms with van der Waals surface area (Å²) in [5, 5.41) is 2.75. The number of Topliss-reactive ketones (excluding diaryl/α,β-unsaturated/α-hetero) is 1. The van der Waals surface area contributed by atoms with Crippen LogP contribution in [0.15, 0.2) is 54.6 Å². The number of ether oxygens (including phenoxy) is 1. The lowest BCUT2D eigenvalue weighted by Gasteiger charge is -2.32. The number of amides is 2. The highest BCUT2D eigenvalue weighted by atomic mass is 16.5. The van der Waals surface area contributed by atoms with Gasteiger partial charge in [0.05, 0.1) is 0 Å². The summed E-state index contributed by atoms with van der Waals surface area (Å²) < 4.78 is 5.46. The van der Waals surface area contributed by atoms with E-state index in [2.05, 4.69) is 5.32 Å². The highest BCUT2D eigenvalue weighted by molar-refractivity contribution is 6.00. The number of carbonyl (C=O) groups excluding carboxylic acids is 3. The van der Waals surface area contributed by atoms with Gasteiger partial charge in [0.25, 0.3) is 5.91 Å². The molecule has 0 aromatic heterocycles. The van der Waals surface area contributed by atoms with Crippen LogP contribution in [-0.4, -0.2) is 36.8 Å². The Kier molecular flexibility index (Phi) is 5.86. The standard InChI is InChI=1S/C21H22N2O4/c1-15(24)16-7-5-10-18(13-16)27-14-20(25)22-19-11-6-12-23(21(19)26)17-8-3-2-4-9-17/h2-5,7-10,13,19H,6,11-12,14H2,1H3,(H,22,25)/t19-/m0/s1. The van der Waals surface area contributed by atoms with Crippen molar-refractivity contribution in [2.45, 2.75) is 25.8 Å². The Morgan fingerprint density at radius 2 is 1.93 bits per heavy atom. The quantitative estimate of drug-likeness (QED) is 0.798. The molecule has 3 rings (SSSR count). The van der Waals surface area contributed by atoms with Gasteiger partial charge in [0.1, 0.15) is 11.8 Å². The van der Waals surface area contributed by atoms with E-state index in [0.29, 0.717) is 24.3 Å². The number of benzene rings is 2. The van der Waals surface area contributed by atoms with E-state index in [1.54, 1.807) is 29.2 Å². The lowest BCUT2D eigenvalue weighted by molar-refractivity contribution is -0.129. The number of hydrogen-bond donors (Lipinski definition) is 1. The number of carbonyl (C=O) groups is 3. The number of anilines is 1. The van der Waals surface area contributed by atoms with Gasteiger partial charge in [-0.05, 0) is 44.0 Å². The van der Waals surface area contributed by atoms with Crippen LogP contribution in [0.25, 0.3) is 0 Å². The number of para-hydroxylation sites is 1. The number of rotatable bonds is 6. The summed E-state index contributed by atoms with van der Waals surface area (Å²) >= 11 is 0. The minimum atomic E-state index is -0.557. The molecule has 1 heterocycles. The average Bonchev–Trinajstić information content (AvgIpc) is 2.69. The third-order valence-electron chi connectivity index (χ3n) is 4.45. The molecular weight excluding hydrogens is 344 g/mol. The number of ketones is 1. The molecule has 0 unspecified atom stereocenters. The zero-order valence-corrected chi connectivity index (χ0v) is 15.2. The second kappa shape index (κ2) is 8.49. The van der Waals surface area contributed by atoms with Crippen molar-refractivity contribution < 1.29 is 19.1 Å². The van der Waals surface area contributed by atoms with Crippen LogP contribution < -0.4 is 15.0 Å². The molecule has 1 N–H and O–H groups in total. The second-order valence-electron chi connectivity index (χ2n) is 6.46. The molecular formula is C21H22N2O4. The van der Waals surface area contributed by atoms with E-state index in [-0.39, 0.29) is 24.2 Å².